The second-order valence-electron chi connectivity index (χ2n) is 3.52. The Bertz CT molecular complexity index is 462. The molecule has 0 radical (unpaired) electrons. The standard InChI is InChI=1S/C14H15NOS/c1-15-10-9-13(14-8-5-11-17-14)16-12-6-3-2-4-7-12/h2-9,11,15H,10H2,1H3/b13-9+. The topological polar surface area (TPSA) is 21.3 Å². The van der Waals surface area contributed by atoms with Crippen molar-refractivity contribution in [3.8, 4) is 5.75 Å². The fourth-order valence-electron chi connectivity index (χ4n) is 1.42. The highest BCUT2D eigenvalue weighted by Gasteiger charge is 2.04. The zero-order valence-corrected chi connectivity index (χ0v) is 10.5. The highest BCUT2D eigenvalue weighted by molar-refractivity contribution is 7.11. The maximum absolute atomic E-state index is 5.89. The van der Waals surface area contributed by atoms with E-state index in [-0.39, 0.29) is 0 Å². The van der Waals surface area contributed by atoms with E-state index in [0.717, 1.165) is 22.9 Å². The third-order valence-electron chi connectivity index (χ3n) is 2.23. The molecule has 0 aliphatic carbocycles. The van der Waals surface area contributed by atoms with E-state index in [4.69, 9.17) is 4.74 Å². The van der Waals surface area contributed by atoms with Crippen molar-refractivity contribution < 1.29 is 4.74 Å². The summed E-state index contributed by atoms with van der Waals surface area (Å²) in [6.07, 6.45) is 2.05. The van der Waals surface area contributed by atoms with Gasteiger partial charge in [0.1, 0.15) is 11.5 Å². The second-order valence-corrected chi connectivity index (χ2v) is 4.47. The molecule has 0 saturated heterocycles. The largest absolute Gasteiger partial charge is 0.456 e. The lowest BCUT2D eigenvalue weighted by molar-refractivity contribution is 0.514. The van der Waals surface area contributed by atoms with Crippen molar-refractivity contribution in [3.05, 3.63) is 58.8 Å². The number of para-hydroxylation sites is 1. The van der Waals surface area contributed by atoms with E-state index < -0.39 is 0 Å². The molecule has 0 bridgehead atoms. The fourth-order valence-corrected chi connectivity index (χ4v) is 2.12. The van der Waals surface area contributed by atoms with Crippen LogP contribution in [-0.2, 0) is 0 Å². The van der Waals surface area contributed by atoms with Crippen LogP contribution >= 0.6 is 11.3 Å². The first kappa shape index (κ1) is 11.9. The predicted molar refractivity (Wildman–Crippen MR) is 73.3 cm³/mol. The summed E-state index contributed by atoms with van der Waals surface area (Å²) in [6.45, 7) is 0.792. The summed E-state index contributed by atoms with van der Waals surface area (Å²) in [5.74, 6) is 1.77. The summed E-state index contributed by atoms with van der Waals surface area (Å²) >= 11 is 1.68. The van der Waals surface area contributed by atoms with Crippen LogP contribution in [0.15, 0.2) is 53.9 Å². The SMILES string of the molecule is CNC/C=C(/Oc1ccccc1)c1cccs1. The lowest BCUT2D eigenvalue weighted by Gasteiger charge is -2.08. The molecule has 0 amide bonds. The molecule has 88 valence electrons. The zero-order valence-electron chi connectivity index (χ0n) is 9.72. The molecule has 0 saturated carbocycles. The monoisotopic (exact) mass is 245 g/mol. The molecule has 0 fully saturated rings. The first-order valence-corrected chi connectivity index (χ1v) is 6.39. The summed E-state index contributed by atoms with van der Waals surface area (Å²) in [6, 6.07) is 13.9. The lowest BCUT2D eigenvalue weighted by Crippen LogP contribution is -2.06. The summed E-state index contributed by atoms with van der Waals surface area (Å²) in [7, 11) is 1.92. The van der Waals surface area contributed by atoms with Gasteiger partial charge in [-0.2, -0.15) is 0 Å². The normalized spacial score (nSPS) is 11.5. The van der Waals surface area contributed by atoms with Crippen molar-refractivity contribution in [2.75, 3.05) is 13.6 Å². The van der Waals surface area contributed by atoms with Gasteiger partial charge < -0.3 is 10.1 Å². The Labute approximate surface area is 106 Å². The van der Waals surface area contributed by atoms with Crippen LogP contribution in [0.25, 0.3) is 5.76 Å². The Morgan fingerprint density at radius 1 is 1.24 bits per heavy atom. The van der Waals surface area contributed by atoms with Crippen LogP contribution < -0.4 is 10.1 Å². The van der Waals surface area contributed by atoms with Crippen LogP contribution in [0.5, 0.6) is 5.75 Å². The van der Waals surface area contributed by atoms with E-state index in [9.17, 15) is 0 Å². The maximum atomic E-state index is 5.89. The number of rotatable bonds is 5. The number of hydrogen-bond acceptors (Lipinski definition) is 3. The third-order valence-corrected chi connectivity index (χ3v) is 3.11. The van der Waals surface area contributed by atoms with Crippen LogP contribution in [-0.4, -0.2) is 13.6 Å². The Morgan fingerprint density at radius 2 is 2.06 bits per heavy atom. The average Bonchev–Trinajstić information content (AvgIpc) is 2.89. The third kappa shape index (κ3) is 3.44. The minimum Gasteiger partial charge on any atom is -0.456 e. The Kier molecular flexibility index (Phi) is 4.36. The van der Waals surface area contributed by atoms with Crippen molar-refractivity contribution in [1.29, 1.82) is 0 Å². The van der Waals surface area contributed by atoms with Crippen LogP contribution in [0.4, 0.5) is 0 Å². The smallest absolute Gasteiger partial charge is 0.141 e. The highest BCUT2D eigenvalue weighted by atomic mass is 32.1. The molecule has 1 heterocycles. The van der Waals surface area contributed by atoms with Gasteiger partial charge in [-0.25, -0.2) is 0 Å². The van der Waals surface area contributed by atoms with Crippen molar-refractivity contribution in [3.63, 3.8) is 0 Å². The number of likely N-dealkylation sites (N-methyl/N-ethyl adjacent to an activating group) is 1. The van der Waals surface area contributed by atoms with Crippen LogP contribution in [0, 0.1) is 0 Å². The number of thiophene rings is 1. The number of benzene rings is 1. The van der Waals surface area contributed by atoms with Gasteiger partial charge in [0, 0.05) is 6.54 Å². The van der Waals surface area contributed by atoms with Gasteiger partial charge in [0.2, 0.25) is 0 Å². The average molecular weight is 245 g/mol. The number of nitrogens with one attached hydrogen (secondary N) is 1. The molecule has 2 rings (SSSR count). The first-order chi connectivity index (χ1) is 8.40. The minimum atomic E-state index is 0.792. The molecule has 0 aliphatic heterocycles. The lowest BCUT2D eigenvalue weighted by atomic mass is 10.3. The summed E-state index contributed by atoms with van der Waals surface area (Å²) in [5.41, 5.74) is 0. The van der Waals surface area contributed by atoms with Gasteiger partial charge in [-0.15, -0.1) is 11.3 Å². The number of hydrogen-bond donors (Lipinski definition) is 1. The van der Waals surface area contributed by atoms with Crippen LogP contribution in [0.3, 0.4) is 0 Å². The van der Waals surface area contributed by atoms with E-state index >= 15 is 0 Å². The molecule has 0 atom stereocenters. The van der Waals surface area contributed by atoms with Crippen molar-refractivity contribution in [2.45, 2.75) is 0 Å². The van der Waals surface area contributed by atoms with Gasteiger partial charge in [0.25, 0.3) is 0 Å². The van der Waals surface area contributed by atoms with E-state index in [1.807, 2.05) is 43.4 Å². The Morgan fingerprint density at radius 3 is 2.71 bits per heavy atom. The van der Waals surface area contributed by atoms with Gasteiger partial charge in [-0.05, 0) is 36.7 Å². The molecule has 17 heavy (non-hydrogen) atoms. The van der Waals surface area contributed by atoms with Gasteiger partial charge in [0.15, 0.2) is 0 Å². The quantitative estimate of drug-likeness (QED) is 0.815. The van der Waals surface area contributed by atoms with Crippen LogP contribution in [0.1, 0.15) is 4.88 Å². The molecule has 2 aromatic rings. The Balaban J connectivity index is 2.17. The fraction of sp³-hybridized carbons (Fsp3) is 0.143. The van der Waals surface area contributed by atoms with Gasteiger partial charge >= 0.3 is 0 Å². The number of ether oxygens (including phenoxy) is 1. The molecule has 1 aromatic heterocycles. The maximum Gasteiger partial charge on any atom is 0.141 e. The molecule has 1 N–H and O–H groups in total. The molecule has 0 unspecified atom stereocenters. The van der Waals surface area contributed by atoms with Crippen LogP contribution in [0.2, 0.25) is 0 Å². The molecule has 0 spiro atoms. The van der Waals surface area contributed by atoms with Crippen molar-refractivity contribution in [2.24, 2.45) is 0 Å². The van der Waals surface area contributed by atoms with E-state index in [1.54, 1.807) is 11.3 Å². The molecule has 1 aromatic carbocycles. The summed E-state index contributed by atoms with van der Waals surface area (Å²) in [5, 5.41) is 5.15. The van der Waals surface area contributed by atoms with E-state index in [2.05, 4.69) is 22.8 Å². The minimum absolute atomic E-state index is 0.792. The first-order valence-electron chi connectivity index (χ1n) is 5.51. The van der Waals surface area contributed by atoms with Gasteiger partial charge in [-0.1, -0.05) is 24.3 Å². The van der Waals surface area contributed by atoms with E-state index in [1.165, 1.54) is 0 Å². The second kappa shape index (κ2) is 6.23. The predicted octanol–water partition coefficient (Wildman–Crippen LogP) is 3.39. The van der Waals surface area contributed by atoms with Crippen molar-refractivity contribution in [1.82, 2.24) is 5.32 Å². The molecule has 2 nitrogen and oxygen atoms in total. The Hall–Kier alpha value is -1.58. The molecular formula is C14H15NOS. The zero-order chi connectivity index (χ0) is 11.9. The molecular weight excluding hydrogens is 230 g/mol. The van der Waals surface area contributed by atoms with Crippen molar-refractivity contribution >= 4 is 17.1 Å². The molecule has 0 aliphatic rings. The molecule has 3 heteroatoms. The summed E-state index contributed by atoms with van der Waals surface area (Å²) in [4.78, 5) is 1.14. The van der Waals surface area contributed by atoms with E-state index in [0.29, 0.717) is 0 Å². The highest BCUT2D eigenvalue weighted by Crippen LogP contribution is 2.23. The summed E-state index contributed by atoms with van der Waals surface area (Å²) < 4.78 is 5.89. The van der Waals surface area contributed by atoms with Gasteiger partial charge in [0.05, 0.1) is 4.88 Å². The van der Waals surface area contributed by atoms with Gasteiger partial charge in [-0.3, -0.25) is 0 Å².